The van der Waals surface area contributed by atoms with Gasteiger partial charge < -0.3 is 0 Å². The molecule has 1 aromatic rings. The smallest absolute Gasteiger partial charge is 0.0659 e. The summed E-state index contributed by atoms with van der Waals surface area (Å²) < 4.78 is 0. The van der Waals surface area contributed by atoms with Crippen LogP contribution in [0.1, 0.15) is 37.8 Å². The minimum absolute atomic E-state index is 0.689. The van der Waals surface area contributed by atoms with Crippen LogP contribution in [0.2, 0.25) is 0 Å². The fourth-order valence-corrected chi connectivity index (χ4v) is 3.46. The molecule has 0 bridgehead atoms. The second-order valence-corrected chi connectivity index (χ2v) is 6.87. The van der Waals surface area contributed by atoms with Crippen molar-refractivity contribution in [3.63, 3.8) is 0 Å². The maximum Gasteiger partial charge on any atom is 0.0659 e. The predicted molar refractivity (Wildman–Crippen MR) is 98.3 cm³/mol. The van der Waals surface area contributed by atoms with E-state index < -0.39 is 0 Å². The van der Waals surface area contributed by atoms with E-state index in [1.54, 1.807) is 0 Å². The van der Waals surface area contributed by atoms with E-state index in [0.29, 0.717) is 5.92 Å². The van der Waals surface area contributed by atoms with Crippen LogP contribution in [0.25, 0.3) is 5.57 Å². The van der Waals surface area contributed by atoms with E-state index >= 15 is 0 Å². The molecule has 1 aliphatic carbocycles. The van der Waals surface area contributed by atoms with Crippen LogP contribution in [-0.2, 0) is 0 Å². The van der Waals surface area contributed by atoms with Gasteiger partial charge in [0.1, 0.15) is 0 Å². The van der Waals surface area contributed by atoms with Gasteiger partial charge in [0.2, 0.25) is 0 Å². The molecule has 3 rings (SSSR count). The standard InChI is InChI=1S/C20H25ClN2/c21-19-9-7-17(8-10-19)5-2-4-14-23-15-11-18(12-16-23)20-6-1-3-13-22-20/h1,3,6-7,9-11,13,17H,2,4-5,8,12,14-16H2. The van der Waals surface area contributed by atoms with E-state index in [0.717, 1.165) is 36.7 Å². The normalized spacial score (nSPS) is 21.9. The van der Waals surface area contributed by atoms with Gasteiger partial charge in [-0.3, -0.25) is 9.88 Å². The second-order valence-electron chi connectivity index (χ2n) is 6.43. The molecule has 0 radical (unpaired) electrons. The Hall–Kier alpha value is -1.38. The third-order valence-electron chi connectivity index (χ3n) is 4.73. The number of hydrogen-bond acceptors (Lipinski definition) is 2. The summed E-state index contributed by atoms with van der Waals surface area (Å²) in [4.78, 5) is 7.01. The fraction of sp³-hybridized carbons (Fsp3) is 0.450. The fourth-order valence-electron chi connectivity index (χ4n) is 3.29. The van der Waals surface area contributed by atoms with Crippen LogP contribution in [0.5, 0.6) is 0 Å². The first kappa shape index (κ1) is 16.5. The maximum atomic E-state index is 5.96. The topological polar surface area (TPSA) is 16.1 Å². The molecule has 122 valence electrons. The highest BCUT2D eigenvalue weighted by Crippen LogP contribution is 2.24. The molecule has 0 N–H and O–H groups in total. The lowest BCUT2D eigenvalue weighted by Crippen LogP contribution is -2.29. The van der Waals surface area contributed by atoms with Gasteiger partial charge in [0.25, 0.3) is 0 Å². The quantitative estimate of drug-likeness (QED) is 0.680. The van der Waals surface area contributed by atoms with Crippen LogP contribution in [0.4, 0.5) is 0 Å². The molecule has 1 atom stereocenters. The van der Waals surface area contributed by atoms with Gasteiger partial charge in [0.15, 0.2) is 0 Å². The number of hydrogen-bond donors (Lipinski definition) is 0. The molecule has 0 amide bonds. The lowest BCUT2D eigenvalue weighted by molar-refractivity contribution is 0.291. The lowest BCUT2D eigenvalue weighted by atomic mass is 9.95. The number of aromatic nitrogens is 1. The molecule has 2 aliphatic rings. The Morgan fingerprint density at radius 3 is 2.87 bits per heavy atom. The zero-order valence-corrected chi connectivity index (χ0v) is 14.4. The first-order valence-corrected chi connectivity index (χ1v) is 9.06. The predicted octanol–water partition coefficient (Wildman–Crippen LogP) is 5.04. The highest BCUT2D eigenvalue weighted by molar-refractivity contribution is 6.31. The highest BCUT2D eigenvalue weighted by atomic mass is 35.5. The largest absolute Gasteiger partial charge is 0.299 e. The molecule has 2 heterocycles. The Kier molecular flexibility index (Phi) is 6.06. The van der Waals surface area contributed by atoms with E-state index in [4.69, 9.17) is 11.6 Å². The van der Waals surface area contributed by atoms with Crippen molar-refractivity contribution >= 4 is 17.2 Å². The number of pyridine rings is 1. The van der Waals surface area contributed by atoms with Gasteiger partial charge in [-0.25, -0.2) is 0 Å². The van der Waals surface area contributed by atoms with Crippen LogP contribution < -0.4 is 0 Å². The third-order valence-corrected chi connectivity index (χ3v) is 5.01. The van der Waals surface area contributed by atoms with Gasteiger partial charge in [0, 0.05) is 24.3 Å². The molecule has 0 aromatic carbocycles. The van der Waals surface area contributed by atoms with Crippen LogP contribution in [0.3, 0.4) is 0 Å². The summed E-state index contributed by atoms with van der Waals surface area (Å²) >= 11 is 5.96. The first-order valence-electron chi connectivity index (χ1n) is 8.68. The Morgan fingerprint density at radius 2 is 2.17 bits per heavy atom. The summed E-state index contributed by atoms with van der Waals surface area (Å²) in [6, 6.07) is 6.15. The summed E-state index contributed by atoms with van der Waals surface area (Å²) in [6.07, 6.45) is 16.8. The molecule has 0 fully saturated rings. The Morgan fingerprint density at radius 1 is 1.22 bits per heavy atom. The van der Waals surface area contributed by atoms with Crippen molar-refractivity contribution < 1.29 is 0 Å². The van der Waals surface area contributed by atoms with Crippen LogP contribution in [0, 0.1) is 5.92 Å². The summed E-state index contributed by atoms with van der Waals surface area (Å²) in [5, 5.41) is 0.894. The molecule has 0 saturated heterocycles. The van der Waals surface area contributed by atoms with E-state index in [-0.39, 0.29) is 0 Å². The minimum atomic E-state index is 0.689. The molecule has 23 heavy (non-hydrogen) atoms. The molecule has 0 saturated carbocycles. The maximum absolute atomic E-state index is 5.96. The van der Waals surface area contributed by atoms with E-state index in [1.165, 1.54) is 31.4 Å². The summed E-state index contributed by atoms with van der Waals surface area (Å²) in [5.41, 5.74) is 2.54. The molecule has 0 spiro atoms. The van der Waals surface area contributed by atoms with Crippen molar-refractivity contribution in [2.75, 3.05) is 19.6 Å². The van der Waals surface area contributed by atoms with Crippen LogP contribution >= 0.6 is 11.6 Å². The number of rotatable bonds is 6. The molecule has 1 aromatic heterocycles. The van der Waals surface area contributed by atoms with Crippen molar-refractivity contribution in [2.45, 2.75) is 32.1 Å². The molecule has 1 unspecified atom stereocenters. The third kappa shape index (κ3) is 5.05. The van der Waals surface area contributed by atoms with Gasteiger partial charge in [0.05, 0.1) is 5.69 Å². The van der Waals surface area contributed by atoms with Crippen molar-refractivity contribution in [3.8, 4) is 0 Å². The monoisotopic (exact) mass is 328 g/mol. The average molecular weight is 329 g/mol. The molecular formula is C20H25ClN2. The van der Waals surface area contributed by atoms with E-state index in [1.807, 2.05) is 18.3 Å². The second kappa shape index (κ2) is 8.47. The number of nitrogens with zero attached hydrogens (tertiary/aromatic N) is 2. The van der Waals surface area contributed by atoms with Crippen molar-refractivity contribution in [3.05, 3.63) is 59.4 Å². The summed E-state index contributed by atoms with van der Waals surface area (Å²) in [7, 11) is 0. The van der Waals surface area contributed by atoms with Gasteiger partial charge in [-0.15, -0.1) is 0 Å². The average Bonchev–Trinajstić information content (AvgIpc) is 2.62. The summed E-state index contributed by atoms with van der Waals surface area (Å²) in [5.74, 6) is 0.689. The zero-order valence-electron chi connectivity index (χ0n) is 13.6. The minimum Gasteiger partial charge on any atom is -0.299 e. The number of halogens is 1. The molecule has 1 aliphatic heterocycles. The van der Waals surface area contributed by atoms with Crippen LogP contribution in [0.15, 0.2) is 53.7 Å². The highest BCUT2D eigenvalue weighted by Gasteiger charge is 2.13. The van der Waals surface area contributed by atoms with Crippen molar-refractivity contribution in [1.82, 2.24) is 9.88 Å². The number of allylic oxidation sites excluding steroid dienone is 4. The van der Waals surface area contributed by atoms with Crippen LogP contribution in [-0.4, -0.2) is 29.5 Å². The van der Waals surface area contributed by atoms with Crippen molar-refractivity contribution in [1.29, 1.82) is 0 Å². The van der Waals surface area contributed by atoms with Crippen molar-refractivity contribution in [2.24, 2.45) is 5.92 Å². The Balaban J connectivity index is 1.35. The van der Waals surface area contributed by atoms with E-state index in [2.05, 4.69) is 40.2 Å². The molecular weight excluding hydrogens is 304 g/mol. The zero-order chi connectivity index (χ0) is 15.9. The SMILES string of the molecule is ClC1=CCC(CCCCN2CC=C(c3ccccn3)CC2)C=C1. The van der Waals surface area contributed by atoms with E-state index in [9.17, 15) is 0 Å². The first-order chi connectivity index (χ1) is 11.3. The van der Waals surface area contributed by atoms with Gasteiger partial charge >= 0.3 is 0 Å². The summed E-state index contributed by atoms with van der Waals surface area (Å²) in [6.45, 7) is 3.43. The molecule has 2 nitrogen and oxygen atoms in total. The molecule has 3 heteroatoms. The Labute approximate surface area is 144 Å². The van der Waals surface area contributed by atoms with Gasteiger partial charge in [-0.2, -0.15) is 0 Å². The lowest BCUT2D eigenvalue weighted by Gasteiger charge is -2.26. The Bertz CT molecular complexity index is 589. The van der Waals surface area contributed by atoms with Gasteiger partial charge in [-0.1, -0.05) is 42.3 Å². The van der Waals surface area contributed by atoms with Gasteiger partial charge in [-0.05, 0) is 61.9 Å². The number of unbranched alkanes of at least 4 members (excludes halogenated alkanes) is 1.